The number of carbonyl (C=O) groups is 3. The Morgan fingerprint density at radius 2 is 1.90 bits per heavy atom. The van der Waals surface area contributed by atoms with Crippen LogP contribution in [0.3, 0.4) is 0 Å². The van der Waals surface area contributed by atoms with Gasteiger partial charge in [0.25, 0.3) is 11.3 Å². The molecule has 8 heteroatoms. The number of aromatic nitrogens is 2. The minimum absolute atomic E-state index is 0.204. The molecule has 0 radical (unpaired) electrons. The van der Waals surface area contributed by atoms with Crippen LogP contribution < -0.4 is 10.9 Å². The van der Waals surface area contributed by atoms with E-state index in [0.717, 1.165) is 13.2 Å². The number of amides is 1. The van der Waals surface area contributed by atoms with Gasteiger partial charge in [-0.2, -0.15) is 0 Å². The van der Waals surface area contributed by atoms with Crippen molar-refractivity contribution in [3.8, 4) is 0 Å². The number of nitrogens with one attached hydrogen (secondary N) is 2. The first kappa shape index (κ1) is 15.5. The number of anilines is 1. The number of aromatic amines is 1. The summed E-state index contributed by atoms with van der Waals surface area (Å²) < 4.78 is 4.25. The topological polar surface area (TPSA) is 118 Å². The lowest BCUT2D eigenvalue weighted by Gasteiger charge is -2.16. The van der Waals surface area contributed by atoms with E-state index in [9.17, 15) is 19.2 Å². The third-order valence-electron chi connectivity index (χ3n) is 2.26. The maximum Gasteiger partial charge on any atom is 0.381 e. The van der Waals surface area contributed by atoms with Crippen molar-refractivity contribution in [2.75, 3.05) is 12.4 Å². The Kier molecular flexibility index (Phi) is 4.38. The summed E-state index contributed by atoms with van der Waals surface area (Å²) in [6.07, 6.45) is 0. The third-order valence-corrected chi connectivity index (χ3v) is 2.26. The maximum absolute atomic E-state index is 11.8. The molecule has 8 nitrogen and oxygen atoms in total. The summed E-state index contributed by atoms with van der Waals surface area (Å²) in [5, 5.41) is 2.36. The molecule has 1 heterocycles. The lowest BCUT2D eigenvalue weighted by molar-refractivity contribution is -0.135. The Bertz CT molecular complexity index is 612. The van der Waals surface area contributed by atoms with E-state index in [4.69, 9.17) is 0 Å². The van der Waals surface area contributed by atoms with Crippen LogP contribution in [0, 0.1) is 5.41 Å². The molecular weight excluding hydrogens is 266 g/mol. The van der Waals surface area contributed by atoms with Crippen LogP contribution in [-0.4, -0.2) is 34.7 Å². The number of rotatable bonds is 3. The summed E-state index contributed by atoms with van der Waals surface area (Å²) in [4.78, 5) is 51.8. The number of Topliss-reactive ketones (excluding diaryl/α,β-unsaturated/α-hetero) is 1. The highest BCUT2D eigenvalue weighted by Gasteiger charge is 2.24. The average Bonchev–Trinajstić information content (AvgIpc) is 2.35. The van der Waals surface area contributed by atoms with E-state index in [-0.39, 0.29) is 5.95 Å². The second-order valence-electron chi connectivity index (χ2n) is 5.00. The van der Waals surface area contributed by atoms with Gasteiger partial charge in [-0.05, 0) is 0 Å². The van der Waals surface area contributed by atoms with E-state index < -0.39 is 34.3 Å². The molecular formula is C12H15N3O5. The van der Waals surface area contributed by atoms with Crippen LogP contribution in [0.2, 0.25) is 0 Å². The molecule has 0 bridgehead atoms. The summed E-state index contributed by atoms with van der Waals surface area (Å²) in [6, 6.07) is 0.853. The van der Waals surface area contributed by atoms with E-state index in [1.54, 1.807) is 20.8 Å². The predicted molar refractivity (Wildman–Crippen MR) is 69.3 cm³/mol. The van der Waals surface area contributed by atoms with Gasteiger partial charge in [-0.15, -0.1) is 0 Å². The lowest BCUT2D eigenvalue weighted by atomic mass is 9.96. The number of hydrogen-bond acceptors (Lipinski definition) is 6. The van der Waals surface area contributed by atoms with Crippen LogP contribution in [-0.2, 0) is 14.3 Å². The molecule has 0 aliphatic carbocycles. The summed E-state index contributed by atoms with van der Waals surface area (Å²) in [5.41, 5.74) is -1.78. The minimum Gasteiger partial charge on any atom is -0.463 e. The normalized spacial score (nSPS) is 10.8. The Hall–Kier alpha value is -2.51. The van der Waals surface area contributed by atoms with Gasteiger partial charge >= 0.3 is 5.97 Å². The Balaban J connectivity index is 3.10. The summed E-state index contributed by atoms with van der Waals surface area (Å²) in [6.45, 7) is 5.01. The second kappa shape index (κ2) is 5.64. The fourth-order valence-electron chi connectivity index (χ4n) is 1.13. The number of methoxy groups -OCH3 is 1. The highest BCUT2D eigenvalue weighted by molar-refractivity contribution is 6.40. The van der Waals surface area contributed by atoms with Crippen molar-refractivity contribution in [1.29, 1.82) is 0 Å². The molecule has 0 aliphatic rings. The molecule has 0 atom stereocenters. The molecule has 1 rings (SSSR count). The van der Waals surface area contributed by atoms with Crippen molar-refractivity contribution < 1.29 is 19.1 Å². The average molecular weight is 281 g/mol. The summed E-state index contributed by atoms with van der Waals surface area (Å²) in [7, 11) is 1.04. The first-order valence-electron chi connectivity index (χ1n) is 5.70. The molecule has 1 aromatic rings. The van der Waals surface area contributed by atoms with Gasteiger partial charge in [-0.25, -0.2) is 9.78 Å². The monoisotopic (exact) mass is 281 g/mol. The molecule has 0 saturated carbocycles. The van der Waals surface area contributed by atoms with Gasteiger partial charge in [-0.3, -0.25) is 24.7 Å². The van der Waals surface area contributed by atoms with Gasteiger partial charge in [0.1, 0.15) is 5.69 Å². The van der Waals surface area contributed by atoms with Crippen LogP contribution >= 0.6 is 0 Å². The number of nitrogens with zero attached hydrogens (tertiary/aromatic N) is 1. The molecule has 20 heavy (non-hydrogen) atoms. The fourth-order valence-corrected chi connectivity index (χ4v) is 1.13. The summed E-state index contributed by atoms with van der Waals surface area (Å²) >= 11 is 0. The van der Waals surface area contributed by atoms with Crippen molar-refractivity contribution in [3.05, 3.63) is 22.1 Å². The van der Waals surface area contributed by atoms with E-state index in [0.29, 0.717) is 0 Å². The third kappa shape index (κ3) is 3.74. The molecule has 1 aromatic heterocycles. The number of carbonyl (C=O) groups excluding carboxylic acids is 3. The van der Waals surface area contributed by atoms with Crippen LogP contribution in [0.4, 0.5) is 5.95 Å². The van der Waals surface area contributed by atoms with Gasteiger partial charge in [0.05, 0.1) is 7.11 Å². The summed E-state index contributed by atoms with van der Waals surface area (Å²) in [5.74, 6) is -2.81. The van der Waals surface area contributed by atoms with E-state index >= 15 is 0 Å². The Morgan fingerprint density at radius 3 is 2.40 bits per heavy atom. The van der Waals surface area contributed by atoms with Gasteiger partial charge < -0.3 is 4.74 Å². The number of ether oxygens (including phenoxy) is 1. The van der Waals surface area contributed by atoms with Gasteiger partial charge in [0, 0.05) is 11.5 Å². The zero-order valence-electron chi connectivity index (χ0n) is 11.6. The molecule has 108 valence electrons. The Morgan fingerprint density at radius 1 is 1.30 bits per heavy atom. The standard InChI is InChI=1S/C12H15N3O5/c1-12(2,3)10(19)15-11-13-6(5-7(16)14-11)8(17)9(18)20-4/h5H,1-4H3,(H2,13,14,15,16,19). The van der Waals surface area contributed by atoms with Crippen LogP contribution in [0.5, 0.6) is 0 Å². The molecule has 0 fully saturated rings. The van der Waals surface area contributed by atoms with E-state index in [1.165, 1.54) is 0 Å². The van der Waals surface area contributed by atoms with Gasteiger partial charge in [0.2, 0.25) is 11.9 Å². The van der Waals surface area contributed by atoms with Gasteiger partial charge in [-0.1, -0.05) is 20.8 Å². The molecule has 0 saturated heterocycles. The number of esters is 1. The van der Waals surface area contributed by atoms with Crippen molar-refractivity contribution >= 4 is 23.6 Å². The first-order chi connectivity index (χ1) is 9.15. The molecule has 1 amide bonds. The highest BCUT2D eigenvalue weighted by Crippen LogP contribution is 2.15. The minimum atomic E-state index is -1.14. The number of hydrogen-bond donors (Lipinski definition) is 2. The largest absolute Gasteiger partial charge is 0.463 e. The quantitative estimate of drug-likeness (QED) is 0.461. The molecule has 2 N–H and O–H groups in total. The second-order valence-corrected chi connectivity index (χ2v) is 5.00. The Labute approximate surface area is 114 Å². The maximum atomic E-state index is 11.8. The zero-order valence-corrected chi connectivity index (χ0v) is 11.6. The first-order valence-corrected chi connectivity index (χ1v) is 5.70. The smallest absolute Gasteiger partial charge is 0.381 e. The molecule has 0 spiro atoms. The van der Waals surface area contributed by atoms with Gasteiger partial charge in [0.15, 0.2) is 0 Å². The fraction of sp³-hybridized carbons (Fsp3) is 0.417. The van der Waals surface area contributed by atoms with Crippen molar-refractivity contribution in [2.24, 2.45) is 5.41 Å². The van der Waals surface area contributed by atoms with Crippen molar-refractivity contribution in [3.63, 3.8) is 0 Å². The van der Waals surface area contributed by atoms with Crippen LogP contribution in [0.1, 0.15) is 31.3 Å². The number of ketones is 1. The predicted octanol–water partition coefficient (Wildman–Crippen LogP) is 0.110. The number of H-pyrrole nitrogens is 1. The lowest BCUT2D eigenvalue weighted by Crippen LogP contribution is -2.30. The van der Waals surface area contributed by atoms with Crippen LogP contribution in [0.25, 0.3) is 0 Å². The highest BCUT2D eigenvalue weighted by atomic mass is 16.5. The molecule has 0 unspecified atom stereocenters. The molecule has 0 aliphatic heterocycles. The van der Waals surface area contributed by atoms with E-state index in [2.05, 4.69) is 20.0 Å². The van der Waals surface area contributed by atoms with Crippen molar-refractivity contribution in [2.45, 2.75) is 20.8 Å². The SMILES string of the molecule is COC(=O)C(=O)c1cc(=O)[nH]c(NC(=O)C(C)(C)C)n1. The zero-order chi connectivity index (χ0) is 15.5. The van der Waals surface area contributed by atoms with Crippen LogP contribution in [0.15, 0.2) is 10.9 Å². The van der Waals surface area contributed by atoms with E-state index in [1.807, 2.05) is 0 Å². The molecule has 0 aromatic carbocycles. The van der Waals surface area contributed by atoms with Crippen molar-refractivity contribution in [1.82, 2.24) is 9.97 Å².